The summed E-state index contributed by atoms with van der Waals surface area (Å²) in [5.74, 6) is 0.984. The Morgan fingerprint density at radius 2 is 1.69 bits per heavy atom. The van der Waals surface area contributed by atoms with Crippen molar-refractivity contribution in [2.75, 3.05) is 7.11 Å². The molecule has 4 heteroatoms. The first-order valence-electron chi connectivity index (χ1n) is 8.72. The monoisotopic (exact) mass is 344 g/mol. The van der Waals surface area contributed by atoms with Crippen LogP contribution < -0.4 is 4.74 Å². The van der Waals surface area contributed by atoms with Gasteiger partial charge in [0.15, 0.2) is 11.4 Å². The summed E-state index contributed by atoms with van der Waals surface area (Å²) in [6.45, 7) is 4.12. The second-order valence-electron chi connectivity index (χ2n) is 6.73. The second-order valence-corrected chi connectivity index (χ2v) is 6.73. The van der Waals surface area contributed by atoms with Crippen LogP contribution in [0, 0.1) is 13.8 Å². The third kappa shape index (κ3) is 2.88. The van der Waals surface area contributed by atoms with E-state index in [0.29, 0.717) is 12.1 Å². The smallest absolute Gasteiger partial charge is 0.160 e. The minimum atomic E-state index is 0.170. The lowest BCUT2D eigenvalue weighted by atomic mass is 10.0. The lowest BCUT2D eigenvalue weighted by Gasteiger charge is -2.13. The van der Waals surface area contributed by atoms with Crippen LogP contribution in [-0.2, 0) is 4.79 Å². The first kappa shape index (κ1) is 16.5. The predicted octanol–water partition coefficient (Wildman–Crippen LogP) is 4.67. The number of ether oxygens (including phenoxy) is 1. The molecule has 2 heterocycles. The quantitative estimate of drug-likeness (QED) is 0.693. The molecule has 130 valence electrons. The molecule has 0 N–H and O–H groups in total. The van der Waals surface area contributed by atoms with Crippen LogP contribution in [0.3, 0.4) is 0 Å². The number of aromatic nitrogens is 2. The molecule has 0 fully saturated rings. The van der Waals surface area contributed by atoms with Gasteiger partial charge in [-0.25, -0.2) is 9.97 Å². The lowest BCUT2D eigenvalue weighted by molar-refractivity contribution is -0.114. The molecule has 0 radical (unpaired) electrons. The van der Waals surface area contributed by atoms with E-state index < -0.39 is 0 Å². The number of carbonyl (C=O) groups excluding carboxylic acids is 1. The zero-order valence-electron chi connectivity index (χ0n) is 15.2. The van der Waals surface area contributed by atoms with E-state index in [-0.39, 0.29) is 5.78 Å². The van der Waals surface area contributed by atoms with Crippen molar-refractivity contribution < 1.29 is 9.53 Å². The van der Waals surface area contributed by atoms with Gasteiger partial charge in [-0.05, 0) is 73.4 Å². The Morgan fingerprint density at radius 3 is 2.38 bits per heavy atom. The molecule has 0 aliphatic heterocycles. The number of pyridine rings is 2. The molecule has 3 aromatic rings. The van der Waals surface area contributed by atoms with Crippen LogP contribution in [0.5, 0.6) is 5.75 Å². The largest absolute Gasteiger partial charge is 0.496 e. The molecule has 0 saturated heterocycles. The number of fused-ring (bicyclic) bond motifs is 1. The number of allylic oxidation sites excluding steroid dienone is 2. The molecule has 0 saturated carbocycles. The highest BCUT2D eigenvalue weighted by Crippen LogP contribution is 2.34. The van der Waals surface area contributed by atoms with E-state index >= 15 is 0 Å². The molecule has 1 aliphatic carbocycles. The molecule has 2 aromatic heterocycles. The van der Waals surface area contributed by atoms with E-state index in [1.807, 2.05) is 30.3 Å². The van der Waals surface area contributed by atoms with Gasteiger partial charge >= 0.3 is 0 Å². The standard InChI is InChI=1S/C22H20N2O2/c1-13-10-14(2)21(20(11-13)26-3)19-9-6-15-5-8-18(23-22(15)24-19)16-4-7-17(25)12-16/h5-6,8-12H,4,7H2,1-3H3. The molecule has 4 rings (SSSR count). The first-order valence-corrected chi connectivity index (χ1v) is 8.72. The van der Waals surface area contributed by atoms with Crippen molar-refractivity contribution in [1.82, 2.24) is 9.97 Å². The van der Waals surface area contributed by atoms with Gasteiger partial charge in [0.25, 0.3) is 0 Å². The fourth-order valence-electron chi connectivity index (χ4n) is 3.53. The van der Waals surface area contributed by atoms with Crippen molar-refractivity contribution in [2.45, 2.75) is 26.7 Å². The van der Waals surface area contributed by atoms with Gasteiger partial charge in [0, 0.05) is 17.4 Å². The SMILES string of the molecule is COc1cc(C)cc(C)c1-c1ccc2ccc(C3=CC(=O)CC3)nc2n1. The van der Waals surface area contributed by atoms with Gasteiger partial charge < -0.3 is 4.74 Å². The van der Waals surface area contributed by atoms with Crippen molar-refractivity contribution in [3.8, 4) is 17.0 Å². The summed E-state index contributed by atoms with van der Waals surface area (Å²) in [5, 5.41) is 0.978. The predicted molar refractivity (Wildman–Crippen MR) is 103 cm³/mol. The molecule has 0 amide bonds. The number of carbonyl (C=O) groups is 1. The van der Waals surface area contributed by atoms with E-state index in [1.54, 1.807) is 13.2 Å². The highest BCUT2D eigenvalue weighted by Gasteiger charge is 2.16. The Kier molecular flexibility index (Phi) is 4.03. The zero-order chi connectivity index (χ0) is 18.3. The number of hydrogen-bond donors (Lipinski definition) is 0. The molecule has 0 unspecified atom stereocenters. The molecule has 1 aliphatic rings. The van der Waals surface area contributed by atoms with Crippen LogP contribution in [0.15, 0.2) is 42.5 Å². The molecule has 26 heavy (non-hydrogen) atoms. The summed E-state index contributed by atoms with van der Waals surface area (Å²) in [7, 11) is 1.68. The Hall–Kier alpha value is -3.01. The van der Waals surface area contributed by atoms with E-state index in [4.69, 9.17) is 14.7 Å². The van der Waals surface area contributed by atoms with Gasteiger partial charge in [0.05, 0.1) is 18.5 Å². The maximum Gasteiger partial charge on any atom is 0.160 e. The zero-order valence-corrected chi connectivity index (χ0v) is 15.2. The number of aryl methyl sites for hydroxylation is 2. The molecule has 0 atom stereocenters. The number of hydrogen-bond acceptors (Lipinski definition) is 4. The van der Waals surface area contributed by atoms with Crippen molar-refractivity contribution in [3.63, 3.8) is 0 Å². The van der Waals surface area contributed by atoms with E-state index in [2.05, 4.69) is 19.9 Å². The Balaban J connectivity index is 1.85. The second kappa shape index (κ2) is 6.37. The third-order valence-corrected chi connectivity index (χ3v) is 4.78. The third-order valence-electron chi connectivity index (χ3n) is 4.78. The molecule has 0 spiro atoms. The fraction of sp³-hybridized carbons (Fsp3) is 0.227. The average molecular weight is 344 g/mol. The summed E-state index contributed by atoms with van der Waals surface area (Å²) in [6.07, 6.45) is 3.02. The van der Waals surface area contributed by atoms with Crippen LogP contribution in [0.25, 0.3) is 27.9 Å². The maximum atomic E-state index is 11.5. The minimum Gasteiger partial charge on any atom is -0.496 e. The fourth-order valence-corrected chi connectivity index (χ4v) is 3.53. The number of ketones is 1. The van der Waals surface area contributed by atoms with Gasteiger partial charge in [-0.1, -0.05) is 6.07 Å². The van der Waals surface area contributed by atoms with Gasteiger partial charge in [0.1, 0.15) is 5.75 Å². The number of methoxy groups -OCH3 is 1. The number of rotatable bonds is 3. The van der Waals surface area contributed by atoms with Crippen LogP contribution in [0.1, 0.15) is 29.7 Å². The summed E-state index contributed by atoms with van der Waals surface area (Å²) in [5.41, 5.74) is 6.61. The summed E-state index contributed by atoms with van der Waals surface area (Å²) < 4.78 is 5.58. The summed E-state index contributed by atoms with van der Waals surface area (Å²) >= 11 is 0. The Labute approximate surface area is 152 Å². The van der Waals surface area contributed by atoms with Gasteiger partial charge in [-0.2, -0.15) is 0 Å². The maximum absolute atomic E-state index is 11.5. The molecule has 0 bridgehead atoms. The molecular weight excluding hydrogens is 324 g/mol. The van der Waals surface area contributed by atoms with Gasteiger partial charge in [-0.3, -0.25) is 4.79 Å². The van der Waals surface area contributed by atoms with Crippen molar-refractivity contribution in [2.24, 2.45) is 0 Å². The number of nitrogens with zero attached hydrogens (tertiary/aromatic N) is 2. The molecule has 1 aromatic carbocycles. The highest BCUT2D eigenvalue weighted by atomic mass is 16.5. The topological polar surface area (TPSA) is 52.1 Å². The number of benzene rings is 1. The van der Waals surface area contributed by atoms with Crippen molar-refractivity contribution in [3.05, 3.63) is 59.3 Å². The molecular formula is C22H20N2O2. The van der Waals surface area contributed by atoms with Crippen LogP contribution >= 0.6 is 0 Å². The highest BCUT2D eigenvalue weighted by molar-refractivity contribution is 6.01. The lowest BCUT2D eigenvalue weighted by Crippen LogP contribution is -1.96. The minimum absolute atomic E-state index is 0.170. The van der Waals surface area contributed by atoms with Gasteiger partial charge in [-0.15, -0.1) is 0 Å². The van der Waals surface area contributed by atoms with E-state index in [1.165, 1.54) is 0 Å². The van der Waals surface area contributed by atoms with Crippen molar-refractivity contribution in [1.29, 1.82) is 0 Å². The average Bonchev–Trinajstić information content (AvgIpc) is 3.06. The Morgan fingerprint density at radius 1 is 0.962 bits per heavy atom. The normalized spacial score (nSPS) is 14.0. The molecule has 4 nitrogen and oxygen atoms in total. The van der Waals surface area contributed by atoms with Crippen LogP contribution in [-0.4, -0.2) is 22.9 Å². The Bertz CT molecular complexity index is 1070. The van der Waals surface area contributed by atoms with E-state index in [9.17, 15) is 4.79 Å². The summed E-state index contributed by atoms with van der Waals surface area (Å²) in [6, 6.07) is 12.2. The summed E-state index contributed by atoms with van der Waals surface area (Å²) in [4.78, 5) is 21.0. The van der Waals surface area contributed by atoms with Gasteiger partial charge in [0.2, 0.25) is 0 Å². The first-order chi connectivity index (χ1) is 12.5. The van der Waals surface area contributed by atoms with E-state index in [0.717, 1.165) is 51.2 Å². The van der Waals surface area contributed by atoms with Crippen LogP contribution in [0.2, 0.25) is 0 Å². The van der Waals surface area contributed by atoms with Crippen molar-refractivity contribution >= 4 is 22.4 Å². The van der Waals surface area contributed by atoms with Crippen LogP contribution in [0.4, 0.5) is 0 Å².